The van der Waals surface area contributed by atoms with Gasteiger partial charge in [-0.2, -0.15) is 0 Å². The molecule has 1 aliphatic carbocycles. The summed E-state index contributed by atoms with van der Waals surface area (Å²) in [7, 11) is 0. The number of aryl methyl sites for hydroxylation is 1. The molecule has 25 heavy (non-hydrogen) atoms. The van der Waals surface area contributed by atoms with Crippen LogP contribution in [0.1, 0.15) is 37.3 Å². The highest BCUT2D eigenvalue weighted by Gasteiger charge is 2.28. The maximum Gasteiger partial charge on any atom is 0.206 e. The third kappa shape index (κ3) is 3.24. The number of nitrogens with one attached hydrogen (secondary N) is 1. The number of halogens is 2. The Morgan fingerprint density at radius 1 is 1.16 bits per heavy atom. The first kappa shape index (κ1) is 17.8. The molecule has 1 aromatic heterocycles. The van der Waals surface area contributed by atoms with Gasteiger partial charge in [-0.25, -0.2) is 4.98 Å². The molecule has 1 aromatic carbocycles. The molecule has 5 nitrogen and oxygen atoms in total. The van der Waals surface area contributed by atoms with Crippen molar-refractivity contribution in [3.05, 3.63) is 20.6 Å². The van der Waals surface area contributed by atoms with Crippen molar-refractivity contribution in [2.75, 3.05) is 31.1 Å². The van der Waals surface area contributed by atoms with E-state index in [-0.39, 0.29) is 6.10 Å². The third-order valence-corrected chi connectivity index (χ3v) is 7.70. The van der Waals surface area contributed by atoms with Crippen LogP contribution in [0.25, 0.3) is 11.0 Å². The molecule has 2 aromatic rings. The lowest BCUT2D eigenvalue weighted by Gasteiger charge is -2.33. The lowest BCUT2D eigenvalue weighted by Crippen LogP contribution is -2.45. The Kier molecular flexibility index (Phi) is 5.10. The Bertz CT molecular complexity index is 777. The molecule has 0 bridgehead atoms. The zero-order valence-electron chi connectivity index (χ0n) is 14.4. The van der Waals surface area contributed by atoms with Crippen molar-refractivity contribution in [3.63, 3.8) is 0 Å². The normalized spacial score (nSPS) is 24.9. The molecule has 0 radical (unpaired) electrons. The second kappa shape index (κ2) is 7.18. The Morgan fingerprint density at radius 3 is 2.52 bits per heavy atom. The average molecular weight is 472 g/mol. The minimum absolute atomic E-state index is 0.142. The van der Waals surface area contributed by atoms with Gasteiger partial charge in [0.25, 0.3) is 0 Å². The number of fused-ring (bicyclic) bond motifs is 1. The highest BCUT2D eigenvalue weighted by atomic mass is 79.9. The van der Waals surface area contributed by atoms with E-state index in [9.17, 15) is 5.11 Å². The van der Waals surface area contributed by atoms with Gasteiger partial charge in [0.15, 0.2) is 0 Å². The number of aliphatic hydroxyl groups excluding tert-OH is 1. The van der Waals surface area contributed by atoms with Crippen LogP contribution in [0.5, 0.6) is 0 Å². The molecule has 2 aliphatic rings. The highest BCUT2D eigenvalue weighted by molar-refractivity contribution is 9.13. The fourth-order valence-electron chi connectivity index (χ4n) is 4.08. The van der Waals surface area contributed by atoms with Crippen LogP contribution in [0.2, 0.25) is 0 Å². The minimum atomic E-state index is -0.142. The quantitative estimate of drug-likeness (QED) is 0.700. The first-order valence-corrected chi connectivity index (χ1v) is 10.6. The Morgan fingerprint density at radius 2 is 1.84 bits per heavy atom. The van der Waals surface area contributed by atoms with Crippen molar-refractivity contribution in [2.45, 2.75) is 44.8 Å². The number of rotatable bonds is 2. The Labute approximate surface area is 165 Å². The number of anilines is 1. The summed E-state index contributed by atoms with van der Waals surface area (Å²) in [6.07, 6.45) is 3.64. The van der Waals surface area contributed by atoms with Gasteiger partial charge in [0, 0.05) is 41.2 Å². The summed E-state index contributed by atoms with van der Waals surface area (Å²) < 4.78 is 4.59. The van der Waals surface area contributed by atoms with Crippen LogP contribution in [-0.2, 0) is 0 Å². The molecule has 0 spiro atoms. The number of nitrogens with zero attached hydrogens (tertiary/aromatic N) is 3. The predicted octanol–water partition coefficient (Wildman–Crippen LogP) is 3.76. The van der Waals surface area contributed by atoms with Crippen LogP contribution in [0.15, 0.2) is 15.0 Å². The van der Waals surface area contributed by atoms with Gasteiger partial charge < -0.3 is 19.9 Å². The van der Waals surface area contributed by atoms with E-state index in [0.717, 1.165) is 72.3 Å². The fourth-order valence-corrected chi connectivity index (χ4v) is 4.89. The fraction of sp³-hybridized carbons (Fsp3) is 0.611. The van der Waals surface area contributed by atoms with Gasteiger partial charge in [-0.3, -0.25) is 0 Å². The van der Waals surface area contributed by atoms with Gasteiger partial charge in [0.05, 0.1) is 17.1 Å². The van der Waals surface area contributed by atoms with E-state index in [1.807, 2.05) is 0 Å². The number of hydrogen-bond donors (Lipinski definition) is 2. The molecule has 0 atom stereocenters. The number of aliphatic hydroxyl groups is 1. The minimum Gasteiger partial charge on any atom is -0.393 e. The van der Waals surface area contributed by atoms with Gasteiger partial charge in [-0.1, -0.05) is 0 Å². The summed E-state index contributed by atoms with van der Waals surface area (Å²) in [6.45, 7) is 6.10. The molecule has 136 valence electrons. The molecule has 1 aliphatic heterocycles. The number of piperazine rings is 1. The van der Waals surface area contributed by atoms with E-state index in [1.165, 1.54) is 11.1 Å². The predicted molar refractivity (Wildman–Crippen MR) is 108 cm³/mol. The van der Waals surface area contributed by atoms with Crippen molar-refractivity contribution in [1.29, 1.82) is 0 Å². The van der Waals surface area contributed by atoms with E-state index in [4.69, 9.17) is 4.98 Å². The maximum atomic E-state index is 9.92. The molecule has 0 unspecified atom stereocenters. The zero-order valence-corrected chi connectivity index (χ0v) is 17.6. The standard InChI is InChI=1S/C18H24Br2N4O/c1-11-16(20)14(19)10-15-17(11)22-18(23-8-6-21-7-9-23)24(15)12-2-4-13(25)5-3-12/h10,12-13,21,25H,2-9H2,1H3. The molecule has 1 saturated heterocycles. The highest BCUT2D eigenvalue weighted by Crippen LogP contribution is 2.40. The largest absolute Gasteiger partial charge is 0.393 e. The van der Waals surface area contributed by atoms with Gasteiger partial charge in [0.1, 0.15) is 0 Å². The molecular formula is C18H24Br2N4O. The van der Waals surface area contributed by atoms with Crippen LogP contribution in [0.4, 0.5) is 5.95 Å². The van der Waals surface area contributed by atoms with Gasteiger partial charge in [0.2, 0.25) is 5.95 Å². The summed E-state index contributed by atoms with van der Waals surface area (Å²) in [5, 5.41) is 13.3. The van der Waals surface area contributed by atoms with Crippen molar-refractivity contribution < 1.29 is 5.11 Å². The van der Waals surface area contributed by atoms with Gasteiger partial charge >= 0.3 is 0 Å². The number of benzene rings is 1. The lowest BCUT2D eigenvalue weighted by atomic mass is 9.93. The SMILES string of the molecule is Cc1c(Br)c(Br)cc2c1nc(N1CCNCC1)n2C1CCC(O)CC1. The smallest absolute Gasteiger partial charge is 0.206 e. The summed E-state index contributed by atoms with van der Waals surface area (Å²) in [5.74, 6) is 1.09. The Hall–Kier alpha value is -0.630. The van der Waals surface area contributed by atoms with Crippen molar-refractivity contribution in [3.8, 4) is 0 Å². The van der Waals surface area contributed by atoms with E-state index >= 15 is 0 Å². The first-order chi connectivity index (χ1) is 12.1. The number of aromatic nitrogens is 2. The molecule has 2 N–H and O–H groups in total. The summed E-state index contributed by atoms with van der Waals surface area (Å²) in [5.41, 5.74) is 3.45. The van der Waals surface area contributed by atoms with Crippen molar-refractivity contribution in [1.82, 2.24) is 14.9 Å². The van der Waals surface area contributed by atoms with Crippen LogP contribution in [0, 0.1) is 6.92 Å². The number of hydrogen-bond acceptors (Lipinski definition) is 4. The van der Waals surface area contributed by atoms with E-state index in [2.05, 4.69) is 59.6 Å². The summed E-state index contributed by atoms with van der Waals surface area (Å²) in [4.78, 5) is 7.49. The monoisotopic (exact) mass is 470 g/mol. The van der Waals surface area contributed by atoms with E-state index in [0.29, 0.717) is 6.04 Å². The lowest BCUT2D eigenvalue weighted by molar-refractivity contribution is 0.111. The molecule has 1 saturated carbocycles. The van der Waals surface area contributed by atoms with Gasteiger partial charge in [-0.15, -0.1) is 0 Å². The van der Waals surface area contributed by atoms with Crippen molar-refractivity contribution in [2.24, 2.45) is 0 Å². The maximum absolute atomic E-state index is 9.92. The molecule has 2 fully saturated rings. The molecule has 2 heterocycles. The van der Waals surface area contributed by atoms with E-state index in [1.54, 1.807) is 0 Å². The van der Waals surface area contributed by atoms with Crippen LogP contribution in [-0.4, -0.2) is 46.9 Å². The first-order valence-electron chi connectivity index (χ1n) is 9.06. The molecule has 7 heteroatoms. The van der Waals surface area contributed by atoms with Gasteiger partial charge in [-0.05, 0) is 76.1 Å². The second-order valence-electron chi connectivity index (χ2n) is 7.15. The van der Waals surface area contributed by atoms with E-state index < -0.39 is 0 Å². The average Bonchev–Trinajstić information content (AvgIpc) is 3.01. The Balaban J connectivity index is 1.86. The molecular weight excluding hydrogens is 448 g/mol. The zero-order chi connectivity index (χ0) is 17.6. The van der Waals surface area contributed by atoms with Crippen LogP contribution >= 0.6 is 31.9 Å². The van der Waals surface area contributed by atoms with Crippen molar-refractivity contribution >= 4 is 48.8 Å². The second-order valence-corrected chi connectivity index (χ2v) is 8.79. The number of imidazole rings is 1. The molecule has 0 amide bonds. The van der Waals surface area contributed by atoms with Crippen LogP contribution < -0.4 is 10.2 Å². The van der Waals surface area contributed by atoms with Crippen LogP contribution in [0.3, 0.4) is 0 Å². The third-order valence-electron chi connectivity index (χ3n) is 5.52. The summed E-state index contributed by atoms with van der Waals surface area (Å²) in [6, 6.07) is 2.60. The summed E-state index contributed by atoms with van der Waals surface area (Å²) >= 11 is 7.37. The topological polar surface area (TPSA) is 53.3 Å². The molecule has 4 rings (SSSR count).